The van der Waals surface area contributed by atoms with Gasteiger partial charge < -0.3 is 5.73 Å². The summed E-state index contributed by atoms with van der Waals surface area (Å²) >= 11 is 0. The molecular weight excluding hydrogens is 206 g/mol. The van der Waals surface area contributed by atoms with Crippen molar-refractivity contribution in [2.45, 2.75) is 84.6 Å². The van der Waals surface area contributed by atoms with Crippen molar-refractivity contribution in [3.63, 3.8) is 0 Å². The highest BCUT2D eigenvalue weighted by atomic mass is 14.7. The first-order chi connectivity index (χ1) is 8.13. The van der Waals surface area contributed by atoms with Crippen LogP contribution in [0, 0.1) is 17.8 Å². The lowest BCUT2D eigenvalue weighted by atomic mass is 9.73. The molecule has 1 nitrogen and oxygen atoms in total. The van der Waals surface area contributed by atoms with Crippen LogP contribution in [-0.4, -0.2) is 6.04 Å². The van der Waals surface area contributed by atoms with Gasteiger partial charge in [0.2, 0.25) is 0 Å². The molecule has 0 bridgehead atoms. The molecule has 1 aliphatic carbocycles. The third-order valence-corrected chi connectivity index (χ3v) is 4.46. The molecule has 0 spiro atoms. The van der Waals surface area contributed by atoms with Crippen molar-refractivity contribution in [2.75, 3.05) is 0 Å². The van der Waals surface area contributed by atoms with Gasteiger partial charge in [0.05, 0.1) is 0 Å². The molecule has 0 heterocycles. The lowest BCUT2D eigenvalue weighted by Crippen LogP contribution is -2.35. The third-order valence-electron chi connectivity index (χ3n) is 4.46. The van der Waals surface area contributed by atoms with Crippen LogP contribution in [0.1, 0.15) is 78.6 Å². The van der Waals surface area contributed by atoms with Gasteiger partial charge in [0.25, 0.3) is 0 Å². The standard InChI is InChI=1S/C16H33N/c1-4-5-6-7-8-9-16(17)15-11-13(2)10-14(3)12-15/h13-16H,4-12,17H2,1-3H3. The Bertz CT molecular complexity index is 180. The summed E-state index contributed by atoms with van der Waals surface area (Å²) in [6, 6.07) is 0.474. The molecular formula is C16H33N. The number of hydrogen-bond acceptors (Lipinski definition) is 1. The minimum atomic E-state index is 0.474. The monoisotopic (exact) mass is 239 g/mol. The van der Waals surface area contributed by atoms with Crippen LogP contribution in [0.2, 0.25) is 0 Å². The minimum absolute atomic E-state index is 0.474. The van der Waals surface area contributed by atoms with Gasteiger partial charge in [-0.2, -0.15) is 0 Å². The lowest BCUT2D eigenvalue weighted by molar-refractivity contribution is 0.187. The second-order valence-electron chi connectivity index (χ2n) is 6.54. The Balaban J connectivity index is 2.15. The highest BCUT2D eigenvalue weighted by Crippen LogP contribution is 2.35. The van der Waals surface area contributed by atoms with E-state index in [1.165, 1.54) is 57.8 Å². The highest BCUT2D eigenvalue weighted by Gasteiger charge is 2.27. The molecule has 1 rings (SSSR count). The molecule has 3 unspecified atom stereocenters. The van der Waals surface area contributed by atoms with E-state index in [1.54, 1.807) is 0 Å². The van der Waals surface area contributed by atoms with Gasteiger partial charge in [-0.1, -0.05) is 52.9 Å². The van der Waals surface area contributed by atoms with E-state index < -0.39 is 0 Å². The molecule has 1 heteroatoms. The second kappa shape index (κ2) is 8.13. The second-order valence-corrected chi connectivity index (χ2v) is 6.54. The zero-order valence-electron chi connectivity index (χ0n) is 12.3. The maximum atomic E-state index is 6.39. The van der Waals surface area contributed by atoms with E-state index in [9.17, 15) is 0 Å². The molecule has 3 atom stereocenters. The topological polar surface area (TPSA) is 26.0 Å². The molecule has 0 radical (unpaired) electrons. The van der Waals surface area contributed by atoms with Crippen LogP contribution < -0.4 is 5.73 Å². The molecule has 0 aliphatic heterocycles. The Morgan fingerprint density at radius 2 is 1.53 bits per heavy atom. The van der Waals surface area contributed by atoms with Crippen LogP contribution in [0.3, 0.4) is 0 Å². The number of unbranched alkanes of at least 4 members (excludes halogenated alkanes) is 4. The van der Waals surface area contributed by atoms with E-state index in [4.69, 9.17) is 5.73 Å². The van der Waals surface area contributed by atoms with Gasteiger partial charge in [-0.05, 0) is 43.4 Å². The largest absolute Gasteiger partial charge is 0.327 e. The molecule has 102 valence electrons. The summed E-state index contributed by atoms with van der Waals surface area (Å²) in [5.41, 5.74) is 6.39. The Morgan fingerprint density at radius 3 is 2.12 bits per heavy atom. The summed E-state index contributed by atoms with van der Waals surface area (Å²) in [5, 5.41) is 0. The van der Waals surface area contributed by atoms with Gasteiger partial charge >= 0.3 is 0 Å². The first-order valence-corrected chi connectivity index (χ1v) is 7.89. The lowest BCUT2D eigenvalue weighted by Gasteiger charge is -2.35. The van der Waals surface area contributed by atoms with E-state index in [0.717, 1.165) is 17.8 Å². The average molecular weight is 239 g/mol. The molecule has 0 saturated heterocycles. The number of rotatable bonds is 7. The molecule has 2 N–H and O–H groups in total. The SMILES string of the molecule is CCCCCCCC(N)C1CC(C)CC(C)C1. The fourth-order valence-electron chi connectivity index (χ4n) is 3.58. The fourth-order valence-corrected chi connectivity index (χ4v) is 3.58. The smallest absolute Gasteiger partial charge is 0.00673 e. The van der Waals surface area contributed by atoms with Crippen LogP contribution in [0.25, 0.3) is 0 Å². The zero-order valence-corrected chi connectivity index (χ0v) is 12.3. The maximum absolute atomic E-state index is 6.39. The highest BCUT2D eigenvalue weighted by molar-refractivity contribution is 4.81. The van der Waals surface area contributed by atoms with Crippen LogP contribution in [0.4, 0.5) is 0 Å². The van der Waals surface area contributed by atoms with Gasteiger partial charge in [-0.25, -0.2) is 0 Å². The predicted molar refractivity (Wildman–Crippen MR) is 77.0 cm³/mol. The molecule has 17 heavy (non-hydrogen) atoms. The average Bonchev–Trinajstić information content (AvgIpc) is 2.27. The Morgan fingerprint density at radius 1 is 0.941 bits per heavy atom. The van der Waals surface area contributed by atoms with E-state index in [1.807, 2.05) is 0 Å². The van der Waals surface area contributed by atoms with E-state index in [2.05, 4.69) is 20.8 Å². The molecule has 0 aromatic carbocycles. The summed E-state index contributed by atoms with van der Waals surface area (Å²) in [6.45, 7) is 7.07. The van der Waals surface area contributed by atoms with Crippen LogP contribution in [0.5, 0.6) is 0 Å². The van der Waals surface area contributed by atoms with E-state index in [-0.39, 0.29) is 0 Å². The molecule has 0 aromatic heterocycles. The van der Waals surface area contributed by atoms with Gasteiger partial charge in [0.15, 0.2) is 0 Å². The molecule has 0 aromatic rings. The first-order valence-electron chi connectivity index (χ1n) is 7.89. The minimum Gasteiger partial charge on any atom is -0.327 e. The Hall–Kier alpha value is -0.0400. The quantitative estimate of drug-likeness (QED) is 0.638. The van der Waals surface area contributed by atoms with Gasteiger partial charge in [-0.3, -0.25) is 0 Å². The zero-order chi connectivity index (χ0) is 12.7. The Labute approximate surface area is 109 Å². The maximum Gasteiger partial charge on any atom is 0.00673 e. The van der Waals surface area contributed by atoms with Crippen LogP contribution in [-0.2, 0) is 0 Å². The van der Waals surface area contributed by atoms with Gasteiger partial charge in [0, 0.05) is 6.04 Å². The van der Waals surface area contributed by atoms with Gasteiger partial charge in [0.1, 0.15) is 0 Å². The molecule has 1 aliphatic rings. The fraction of sp³-hybridized carbons (Fsp3) is 1.00. The van der Waals surface area contributed by atoms with Crippen molar-refractivity contribution in [3.05, 3.63) is 0 Å². The molecule has 1 saturated carbocycles. The van der Waals surface area contributed by atoms with Crippen LogP contribution >= 0.6 is 0 Å². The van der Waals surface area contributed by atoms with Gasteiger partial charge in [-0.15, -0.1) is 0 Å². The van der Waals surface area contributed by atoms with Crippen molar-refractivity contribution < 1.29 is 0 Å². The summed E-state index contributed by atoms with van der Waals surface area (Å²) in [4.78, 5) is 0. The van der Waals surface area contributed by atoms with Crippen molar-refractivity contribution in [2.24, 2.45) is 23.5 Å². The van der Waals surface area contributed by atoms with Crippen LogP contribution in [0.15, 0.2) is 0 Å². The van der Waals surface area contributed by atoms with E-state index in [0.29, 0.717) is 6.04 Å². The van der Waals surface area contributed by atoms with E-state index >= 15 is 0 Å². The summed E-state index contributed by atoms with van der Waals surface area (Å²) in [5.74, 6) is 2.60. The molecule has 1 fully saturated rings. The number of hydrogen-bond donors (Lipinski definition) is 1. The predicted octanol–water partition coefficient (Wildman–Crippen LogP) is 4.75. The number of nitrogens with two attached hydrogens (primary N) is 1. The van der Waals surface area contributed by atoms with Crippen molar-refractivity contribution in [1.82, 2.24) is 0 Å². The van der Waals surface area contributed by atoms with Crippen molar-refractivity contribution in [1.29, 1.82) is 0 Å². The Kier molecular flexibility index (Phi) is 7.18. The van der Waals surface area contributed by atoms with Crippen molar-refractivity contribution >= 4 is 0 Å². The first kappa shape index (κ1) is 15.0. The van der Waals surface area contributed by atoms with Crippen molar-refractivity contribution in [3.8, 4) is 0 Å². The molecule has 0 amide bonds. The summed E-state index contributed by atoms with van der Waals surface area (Å²) in [6.07, 6.45) is 12.3. The summed E-state index contributed by atoms with van der Waals surface area (Å²) < 4.78 is 0. The summed E-state index contributed by atoms with van der Waals surface area (Å²) in [7, 11) is 0. The normalized spacial score (nSPS) is 31.4. The third kappa shape index (κ3) is 5.90.